The number of aliphatic hydroxyl groups is 1. The SMILES string of the molecule is C=C(c1ccccc1)[C@H](NCc1ccccc1)[C@H](O)c1ccccc1. The lowest BCUT2D eigenvalue weighted by Gasteiger charge is -2.27. The minimum absolute atomic E-state index is 0.273. The van der Waals surface area contributed by atoms with Crippen molar-refractivity contribution in [1.29, 1.82) is 0 Å². The van der Waals surface area contributed by atoms with Crippen molar-refractivity contribution in [1.82, 2.24) is 5.32 Å². The van der Waals surface area contributed by atoms with Crippen LogP contribution in [0.5, 0.6) is 0 Å². The Morgan fingerprint density at radius 1 is 0.800 bits per heavy atom. The molecule has 3 rings (SSSR count). The van der Waals surface area contributed by atoms with E-state index in [0.717, 1.165) is 16.7 Å². The molecule has 0 spiro atoms. The van der Waals surface area contributed by atoms with Crippen LogP contribution in [0.3, 0.4) is 0 Å². The second-order valence-electron chi connectivity index (χ2n) is 6.09. The van der Waals surface area contributed by atoms with Gasteiger partial charge in [0.2, 0.25) is 0 Å². The Labute approximate surface area is 149 Å². The maximum absolute atomic E-state index is 11.0. The first-order valence-electron chi connectivity index (χ1n) is 8.50. The summed E-state index contributed by atoms with van der Waals surface area (Å²) in [5.74, 6) is 0. The summed E-state index contributed by atoms with van der Waals surface area (Å²) in [7, 11) is 0. The summed E-state index contributed by atoms with van der Waals surface area (Å²) in [5, 5.41) is 14.4. The molecule has 0 aromatic heterocycles. The molecule has 0 amide bonds. The van der Waals surface area contributed by atoms with Crippen molar-refractivity contribution >= 4 is 5.57 Å². The second kappa shape index (κ2) is 8.43. The number of aliphatic hydroxyl groups excluding tert-OH is 1. The number of rotatable bonds is 7. The van der Waals surface area contributed by atoms with Gasteiger partial charge in [-0.15, -0.1) is 0 Å². The van der Waals surface area contributed by atoms with Gasteiger partial charge in [0.1, 0.15) is 0 Å². The van der Waals surface area contributed by atoms with Crippen molar-refractivity contribution < 1.29 is 5.11 Å². The summed E-state index contributed by atoms with van der Waals surface area (Å²) in [5.41, 5.74) is 3.97. The molecule has 0 aliphatic carbocycles. The number of benzene rings is 3. The molecule has 126 valence electrons. The molecule has 0 saturated carbocycles. The van der Waals surface area contributed by atoms with Crippen LogP contribution >= 0.6 is 0 Å². The van der Waals surface area contributed by atoms with Gasteiger partial charge >= 0.3 is 0 Å². The van der Waals surface area contributed by atoms with Crippen LogP contribution in [0.4, 0.5) is 0 Å². The smallest absolute Gasteiger partial charge is 0.0984 e. The number of nitrogens with one attached hydrogen (secondary N) is 1. The maximum atomic E-state index is 11.0. The standard InChI is InChI=1S/C23H23NO/c1-18(20-13-7-3-8-14-20)22(23(25)21-15-9-4-10-16-21)24-17-19-11-5-2-6-12-19/h2-16,22-25H,1,17H2/t22-,23+/m0/s1. The summed E-state index contributed by atoms with van der Waals surface area (Å²) in [6.07, 6.45) is -0.669. The molecule has 0 saturated heterocycles. The maximum Gasteiger partial charge on any atom is 0.0984 e. The third-order valence-electron chi connectivity index (χ3n) is 4.35. The molecule has 0 fully saturated rings. The number of hydrogen-bond donors (Lipinski definition) is 2. The minimum Gasteiger partial charge on any atom is -0.386 e. The van der Waals surface area contributed by atoms with Crippen molar-refractivity contribution in [2.45, 2.75) is 18.7 Å². The molecule has 0 aliphatic heterocycles. The van der Waals surface area contributed by atoms with E-state index in [2.05, 4.69) is 24.0 Å². The van der Waals surface area contributed by atoms with Gasteiger partial charge in [-0.05, 0) is 22.3 Å². The van der Waals surface area contributed by atoms with Crippen LogP contribution < -0.4 is 5.32 Å². The summed E-state index contributed by atoms with van der Waals surface area (Å²) < 4.78 is 0. The first-order valence-corrected chi connectivity index (χ1v) is 8.50. The van der Waals surface area contributed by atoms with Gasteiger partial charge in [0.05, 0.1) is 12.1 Å². The van der Waals surface area contributed by atoms with Crippen LogP contribution in [0.2, 0.25) is 0 Å². The van der Waals surface area contributed by atoms with Crippen molar-refractivity contribution in [3.05, 3.63) is 114 Å². The summed E-state index contributed by atoms with van der Waals surface area (Å²) >= 11 is 0. The lowest BCUT2D eigenvalue weighted by molar-refractivity contribution is 0.150. The Kier molecular flexibility index (Phi) is 5.78. The molecule has 2 heteroatoms. The van der Waals surface area contributed by atoms with E-state index in [9.17, 15) is 5.11 Å². The van der Waals surface area contributed by atoms with E-state index < -0.39 is 6.10 Å². The molecule has 0 aliphatic rings. The van der Waals surface area contributed by atoms with E-state index in [1.165, 1.54) is 5.56 Å². The zero-order valence-corrected chi connectivity index (χ0v) is 14.2. The molecule has 2 atom stereocenters. The molecule has 2 nitrogen and oxygen atoms in total. The lowest BCUT2D eigenvalue weighted by atomic mass is 9.92. The van der Waals surface area contributed by atoms with E-state index in [-0.39, 0.29) is 6.04 Å². The Morgan fingerprint density at radius 3 is 1.92 bits per heavy atom. The first-order chi connectivity index (χ1) is 12.3. The van der Waals surface area contributed by atoms with Gasteiger partial charge in [-0.2, -0.15) is 0 Å². The van der Waals surface area contributed by atoms with Crippen LogP contribution in [0.25, 0.3) is 5.57 Å². The Morgan fingerprint density at radius 2 is 1.32 bits per heavy atom. The van der Waals surface area contributed by atoms with Crippen molar-refractivity contribution in [3.63, 3.8) is 0 Å². The number of hydrogen-bond acceptors (Lipinski definition) is 2. The van der Waals surface area contributed by atoms with Gasteiger partial charge in [0.15, 0.2) is 0 Å². The third kappa shape index (κ3) is 4.44. The Hall–Kier alpha value is -2.68. The van der Waals surface area contributed by atoms with Gasteiger partial charge < -0.3 is 10.4 Å². The average molecular weight is 329 g/mol. The highest BCUT2D eigenvalue weighted by molar-refractivity contribution is 5.68. The highest BCUT2D eigenvalue weighted by Gasteiger charge is 2.24. The summed E-state index contributed by atoms with van der Waals surface area (Å²) in [6, 6.07) is 29.7. The fraction of sp³-hybridized carbons (Fsp3) is 0.130. The van der Waals surface area contributed by atoms with Gasteiger partial charge in [-0.3, -0.25) is 0 Å². The van der Waals surface area contributed by atoms with E-state index in [4.69, 9.17) is 0 Å². The van der Waals surface area contributed by atoms with Crippen LogP contribution in [-0.2, 0) is 6.54 Å². The lowest BCUT2D eigenvalue weighted by Crippen LogP contribution is -2.35. The van der Waals surface area contributed by atoms with Gasteiger partial charge in [-0.1, -0.05) is 97.6 Å². The highest BCUT2D eigenvalue weighted by atomic mass is 16.3. The van der Waals surface area contributed by atoms with E-state index >= 15 is 0 Å². The van der Waals surface area contributed by atoms with Crippen LogP contribution in [0.1, 0.15) is 22.8 Å². The molecule has 3 aromatic rings. The highest BCUT2D eigenvalue weighted by Crippen LogP contribution is 2.27. The molecule has 0 radical (unpaired) electrons. The largest absolute Gasteiger partial charge is 0.386 e. The van der Waals surface area contributed by atoms with Crippen molar-refractivity contribution in [3.8, 4) is 0 Å². The van der Waals surface area contributed by atoms with Crippen molar-refractivity contribution in [2.75, 3.05) is 0 Å². The van der Waals surface area contributed by atoms with Gasteiger partial charge in [-0.25, -0.2) is 0 Å². The topological polar surface area (TPSA) is 32.3 Å². The Balaban J connectivity index is 1.84. The van der Waals surface area contributed by atoms with Crippen LogP contribution in [-0.4, -0.2) is 11.1 Å². The third-order valence-corrected chi connectivity index (χ3v) is 4.35. The van der Waals surface area contributed by atoms with Gasteiger partial charge in [0.25, 0.3) is 0 Å². The molecule has 0 unspecified atom stereocenters. The monoisotopic (exact) mass is 329 g/mol. The zero-order valence-electron chi connectivity index (χ0n) is 14.2. The molecule has 0 heterocycles. The summed E-state index contributed by atoms with van der Waals surface area (Å²) in [4.78, 5) is 0. The van der Waals surface area contributed by atoms with Crippen LogP contribution in [0.15, 0.2) is 97.6 Å². The van der Waals surface area contributed by atoms with Crippen molar-refractivity contribution in [2.24, 2.45) is 0 Å². The van der Waals surface area contributed by atoms with E-state index in [1.807, 2.05) is 78.9 Å². The van der Waals surface area contributed by atoms with Crippen LogP contribution in [0, 0.1) is 0 Å². The average Bonchev–Trinajstić information content (AvgIpc) is 2.70. The predicted molar refractivity (Wildman–Crippen MR) is 104 cm³/mol. The fourth-order valence-corrected chi connectivity index (χ4v) is 2.92. The Bertz CT molecular complexity index is 784. The molecule has 25 heavy (non-hydrogen) atoms. The summed E-state index contributed by atoms with van der Waals surface area (Å²) in [6.45, 7) is 4.93. The first kappa shape index (κ1) is 17.2. The van der Waals surface area contributed by atoms with E-state index in [1.54, 1.807) is 0 Å². The van der Waals surface area contributed by atoms with E-state index in [0.29, 0.717) is 6.54 Å². The molecule has 2 N–H and O–H groups in total. The fourth-order valence-electron chi connectivity index (χ4n) is 2.92. The quantitative estimate of drug-likeness (QED) is 0.664. The zero-order chi connectivity index (χ0) is 17.5. The van der Waals surface area contributed by atoms with Gasteiger partial charge in [0, 0.05) is 6.54 Å². The normalized spacial score (nSPS) is 13.2. The molecular weight excluding hydrogens is 306 g/mol. The predicted octanol–water partition coefficient (Wildman–Crippen LogP) is 4.59. The minimum atomic E-state index is -0.669. The molecule has 0 bridgehead atoms. The second-order valence-corrected chi connectivity index (χ2v) is 6.09. The molecular formula is C23H23NO. The molecule has 3 aromatic carbocycles.